The van der Waals surface area contributed by atoms with Crippen LogP contribution in [0.15, 0.2) is 94.9 Å². The minimum Gasteiger partial charge on any atom is -0.495 e. The monoisotopic (exact) mass is 552 g/mol. The van der Waals surface area contributed by atoms with E-state index in [1.54, 1.807) is 18.0 Å². The lowest BCUT2D eigenvalue weighted by Crippen LogP contribution is -2.38. The molecular formula is C31H25FN4O3S. The smallest absolute Gasteiger partial charge is 0.337 e. The SMILES string of the molecule is COc1cc(-c2sc3c(c2C)c(=O)n(-c2ccc(F)cc2)c(=O)n3Cc2ccccc2)ccc1-n1cnc(C)c1. The lowest BCUT2D eigenvalue weighted by Gasteiger charge is -2.12. The molecule has 0 aliphatic rings. The van der Waals surface area contributed by atoms with Crippen LogP contribution in [0.25, 0.3) is 32.0 Å². The molecule has 0 saturated carbocycles. The van der Waals surface area contributed by atoms with Gasteiger partial charge < -0.3 is 9.30 Å². The van der Waals surface area contributed by atoms with E-state index < -0.39 is 17.1 Å². The third kappa shape index (κ3) is 4.34. The van der Waals surface area contributed by atoms with Gasteiger partial charge in [0.05, 0.1) is 42.4 Å². The number of imidazole rings is 1. The Hall–Kier alpha value is -4.76. The normalized spacial score (nSPS) is 11.3. The molecule has 3 aromatic heterocycles. The highest BCUT2D eigenvalue weighted by atomic mass is 32.1. The molecule has 6 aromatic rings. The minimum absolute atomic E-state index is 0.277. The zero-order valence-corrected chi connectivity index (χ0v) is 22.9. The highest BCUT2D eigenvalue weighted by molar-refractivity contribution is 7.22. The second kappa shape index (κ2) is 10.1. The van der Waals surface area contributed by atoms with E-state index in [0.29, 0.717) is 21.7 Å². The van der Waals surface area contributed by atoms with E-state index in [0.717, 1.165) is 37.5 Å². The molecule has 40 heavy (non-hydrogen) atoms. The molecule has 3 heterocycles. The number of nitrogens with zero attached hydrogens (tertiary/aromatic N) is 4. The summed E-state index contributed by atoms with van der Waals surface area (Å²) in [5.41, 5.74) is 3.67. The quantitative estimate of drug-likeness (QED) is 0.259. The molecule has 0 amide bonds. The van der Waals surface area contributed by atoms with Crippen LogP contribution < -0.4 is 16.0 Å². The van der Waals surface area contributed by atoms with Gasteiger partial charge in [-0.2, -0.15) is 0 Å². The number of hydrogen-bond acceptors (Lipinski definition) is 5. The van der Waals surface area contributed by atoms with Gasteiger partial charge in [0.15, 0.2) is 0 Å². The summed E-state index contributed by atoms with van der Waals surface area (Å²) < 4.78 is 24.1. The second-order valence-corrected chi connectivity index (χ2v) is 10.5. The number of rotatable bonds is 6. The van der Waals surface area contributed by atoms with Gasteiger partial charge in [-0.3, -0.25) is 9.36 Å². The van der Waals surface area contributed by atoms with Crippen molar-refractivity contribution < 1.29 is 9.13 Å². The number of fused-ring (bicyclic) bond motifs is 1. The van der Waals surface area contributed by atoms with Gasteiger partial charge in [-0.05, 0) is 66.9 Å². The fourth-order valence-electron chi connectivity index (χ4n) is 4.93. The van der Waals surface area contributed by atoms with E-state index in [9.17, 15) is 14.0 Å². The minimum atomic E-state index is -0.482. The Morgan fingerprint density at radius 3 is 2.40 bits per heavy atom. The van der Waals surface area contributed by atoms with Crippen LogP contribution in [0.1, 0.15) is 16.8 Å². The first kappa shape index (κ1) is 25.5. The van der Waals surface area contributed by atoms with E-state index in [1.807, 2.05) is 73.1 Å². The molecule has 0 spiro atoms. The highest BCUT2D eigenvalue weighted by Gasteiger charge is 2.22. The number of hydrogen-bond donors (Lipinski definition) is 0. The topological polar surface area (TPSA) is 71.0 Å². The van der Waals surface area contributed by atoms with Crippen molar-refractivity contribution in [3.8, 4) is 27.6 Å². The molecule has 0 aliphatic heterocycles. The molecule has 0 atom stereocenters. The summed E-state index contributed by atoms with van der Waals surface area (Å²) in [6.07, 6.45) is 3.65. The van der Waals surface area contributed by atoms with Crippen LogP contribution in [0.2, 0.25) is 0 Å². The van der Waals surface area contributed by atoms with Crippen LogP contribution in [-0.2, 0) is 6.54 Å². The van der Waals surface area contributed by atoms with Crippen molar-refractivity contribution in [1.29, 1.82) is 0 Å². The highest BCUT2D eigenvalue weighted by Crippen LogP contribution is 2.39. The second-order valence-electron chi connectivity index (χ2n) is 9.52. The maximum Gasteiger partial charge on any atom is 0.337 e. The van der Waals surface area contributed by atoms with Gasteiger partial charge in [-0.15, -0.1) is 11.3 Å². The Kier molecular flexibility index (Phi) is 6.43. The van der Waals surface area contributed by atoms with Crippen molar-refractivity contribution in [3.05, 3.63) is 129 Å². The number of halogens is 1. The van der Waals surface area contributed by atoms with Crippen molar-refractivity contribution in [2.75, 3.05) is 7.11 Å². The molecular weight excluding hydrogens is 527 g/mol. The van der Waals surface area contributed by atoms with Crippen LogP contribution in [0, 0.1) is 19.7 Å². The number of benzene rings is 3. The first-order valence-corrected chi connectivity index (χ1v) is 13.5. The number of ether oxygens (including phenoxy) is 1. The predicted octanol–water partition coefficient (Wildman–Crippen LogP) is 5.88. The lowest BCUT2D eigenvalue weighted by atomic mass is 10.1. The fourth-order valence-corrected chi connectivity index (χ4v) is 6.22. The summed E-state index contributed by atoms with van der Waals surface area (Å²) in [6, 6.07) is 20.9. The molecule has 0 saturated heterocycles. The molecule has 0 aliphatic carbocycles. The van der Waals surface area contributed by atoms with Crippen LogP contribution in [0.4, 0.5) is 4.39 Å². The average molecular weight is 553 g/mol. The van der Waals surface area contributed by atoms with Gasteiger partial charge in [-0.1, -0.05) is 36.4 Å². The Morgan fingerprint density at radius 1 is 0.975 bits per heavy atom. The molecule has 3 aromatic carbocycles. The lowest BCUT2D eigenvalue weighted by molar-refractivity contribution is 0.413. The molecule has 9 heteroatoms. The van der Waals surface area contributed by atoms with E-state index in [-0.39, 0.29) is 6.54 Å². The maximum atomic E-state index is 13.9. The van der Waals surface area contributed by atoms with Crippen LogP contribution in [0.5, 0.6) is 5.75 Å². The van der Waals surface area contributed by atoms with Gasteiger partial charge in [0.25, 0.3) is 5.56 Å². The first-order valence-electron chi connectivity index (χ1n) is 12.6. The van der Waals surface area contributed by atoms with Gasteiger partial charge in [0, 0.05) is 11.1 Å². The summed E-state index contributed by atoms with van der Waals surface area (Å²) in [6.45, 7) is 4.09. The van der Waals surface area contributed by atoms with Gasteiger partial charge in [-0.25, -0.2) is 18.7 Å². The zero-order chi connectivity index (χ0) is 28.0. The molecule has 0 radical (unpaired) electrons. The number of thiophene rings is 1. The molecule has 0 unspecified atom stereocenters. The largest absolute Gasteiger partial charge is 0.495 e. The van der Waals surface area contributed by atoms with Crippen LogP contribution in [-0.4, -0.2) is 25.8 Å². The summed E-state index contributed by atoms with van der Waals surface area (Å²) in [5, 5.41) is 0.452. The molecule has 7 nitrogen and oxygen atoms in total. The van der Waals surface area contributed by atoms with Crippen LogP contribution >= 0.6 is 11.3 Å². The van der Waals surface area contributed by atoms with Crippen molar-refractivity contribution in [2.45, 2.75) is 20.4 Å². The molecule has 6 rings (SSSR count). The third-order valence-corrected chi connectivity index (χ3v) is 8.28. The Bertz CT molecular complexity index is 1990. The van der Waals surface area contributed by atoms with Crippen molar-refractivity contribution in [1.82, 2.24) is 18.7 Å². The Labute approximate surface area is 233 Å². The summed E-state index contributed by atoms with van der Waals surface area (Å²) in [5.74, 6) is 0.205. The average Bonchev–Trinajstić information content (AvgIpc) is 3.55. The van der Waals surface area contributed by atoms with Crippen molar-refractivity contribution in [2.24, 2.45) is 0 Å². The van der Waals surface area contributed by atoms with Crippen molar-refractivity contribution >= 4 is 21.6 Å². The van der Waals surface area contributed by atoms with Crippen LogP contribution in [0.3, 0.4) is 0 Å². The first-order chi connectivity index (χ1) is 19.4. The van der Waals surface area contributed by atoms with Crippen molar-refractivity contribution in [3.63, 3.8) is 0 Å². The molecule has 0 N–H and O–H groups in total. The summed E-state index contributed by atoms with van der Waals surface area (Å²) in [4.78, 5) is 33.5. The maximum absolute atomic E-state index is 13.9. The predicted molar refractivity (Wildman–Crippen MR) is 156 cm³/mol. The van der Waals surface area contributed by atoms with Gasteiger partial charge in [0.2, 0.25) is 0 Å². The molecule has 0 bridgehead atoms. The molecule has 200 valence electrons. The van der Waals surface area contributed by atoms with E-state index in [2.05, 4.69) is 4.98 Å². The number of aryl methyl sites for hydroxylation is 2. The van der Waals surface area contributed by atoms with E-state index >= 15 is 0 Å². The van der Waals surface area contributed by atoms with E-state index in [4.69, 9.17) is 4.74 Å². The standard InChI is InChI=1S/C31H25FN4O3S/c1-19-16-34(18-33-19)25-14-9-22(15-26(25)39-3)28-20(2)27-29(37)36(24-12-10-23(32)11-13-24)31(38)35(30(27)40-28)17-21-7-5-4-6-8-21/h4-16,18H,17H2,1-3H3. The Balaban J connectivity index is 1.60. The zero-order valence-electron chi connectivity index (χ0n) is 22.1. The number of aromatic nitrogens is 4. The summed E-state index contributed by atoms with van der Waals surface area (Å²) >= 11 is 1.40. The number of methoxy groups -OCH3 is 1. The van der Waals surface area contributed by atoms with Gasteiger partial charge in [0.1, 0.15) is 16.4 Å². The third-order valence-electron chi connectivity index (χ3n) is 6.91. The molecule has 0 fully saturated rings. The van der Waals surface area contributed by atoms with Gasteiger partial charge >= 0.3 is 5.69 Å². The van der Waals surface area contributed by atoms with E-state index in [1.165, 1.54) is 35.6 Å². The Morgan fingerprint density at radius 2 is 1.73 bits per heavy atom. The summed E-state index contributed by atoms with van der Waals surface area (Å²) in [7, 11) is 1.61. The fraction of sp³-hybridized carbons (Fsp3) is 0.129.